The molecular weight excluding hydrogens is 250 g/mol. The van der Waals surface area contributed by atoms with E-state index in [9.17, 15) is 4.79 Å². The van der Waals surface area contributed by atoms with Gasteiger partial charge in [0, 0.05) is 23.5 Å². The molecule has 1 heterocycles. The molecule has 0 unspecified atom stereocenters. The second kappa shape index (κ2) is 4.84. The van der Waals surface area contributed by atoms with Gasteiger partial charge in [0.05, 0.1) is 0 Å². The summed E-state index contributed by atoms with van der Waals surface area (Å²) in [7, 11) is 0. The van der Waals surface area contributed by atoms with Gasteiger partial charge in [-0.3, -0.25) is 4.79 Å². The Morgan fingerprint density at radius 1 is 1.50 bits per heavy atom. The predicted molar refractivity (Wildman–Crippen MR) is 71.2 cm³/mol. The van der Waals surface area contributed by atoms with E-state index >= 15 is 0 Å². The van der Waals surface area contributed by atoms with Crippen molar-refractivity contribution in [2.24, 2.45) is 5.92 Å². The van der Waals surface area contributed by atoms with E-state index in [0.717, 1.165) is 17.5 Å². The van der Waals surface area contributed by atoms with Gasteiger partial charge in [-0.15, -0.1) is 0 Å². The molecule has 6 heteroatoms. The lowest BCUT2D eigenvalue weighted by atomic mass is 9.96. The molecule has 0 amide bonds. The van der Waals surface area contributed by atoms with E-state index in [1.807, 2.05) is 4.90 Å². The van der Waals surface area contributed by atoms with Crippen molar-refractivity contribution in [1.29, 1.82) is 0 Å². The Morgan fingerprint density at radius 3 is 2.61 bits per heavy atom. The Kier molecular flexibility index (Phi) is 3.56. The summed E-state index contributed by atoms with van der Waals surface area (Å²) in [5.41, 5.74) is -0.0940. The van der Waals surface area contributed by atoms with Crippen LogP contribution < -0.4 is 4.90 Å². The second-order valence-electron chi connectivity index (χ2n) is 5.87. The highest BCUT2D eigenvalue weighted by Gasteiger charge is 2.28. The number of aliphatic carboxylic acids is 1. The zero-order valence-corrected chi connectivity index (χ0v) is 11.8. The van der Waals surface area contributed by atoms with Crippen molar-refractivity contribution in [2.75, 3.05) is 18.0 Å². The third kappa shape index (κ3) is 3.41. The molecule has 100 valence electrons. The van der Waals surface area contributed by atoms with E-state index < -0.39 is 5.97 Å². The van der Waals surface area contributed by atoms with Gasteiger partial charge in [-0.2, -0.15) is 4.37 Å². The number of hydrogen-bond acceptors (Lipinski definition) is 5. The van der Waals surface area contributed by atoms with Gasteiger partial charge in [0.15, 0.2) is 0 Å². The maximum absolute atomic E-state index is 10.9. The average Bonchev–Trinajstić information content (AvgIpc) is 2.90. The fourth-order valence-corrected chi connectivity index (χ4v) is 2.50. The van der Waals surface area contributed by atoms with Crippen molar-refractivity contribution >= 4 is 22.6 Å². The van der Waals surface area contributed by atoms with Crippen LogP contribution in [0, 0.1) is 5.92 Å². The van der Waals surface area contributed by atoms with Crippen LogP contribution in [-0.2, 0) is 10.2 Å². The number of rotatable bonds is 5. The molecule has 2 rings (SSSR count). The first-order chi connectivity index (χ1) is 8.36. The van der Waals surface area contributed by atoms with Gasteiger partial charge in [0.25, 0.3) is 0 Å². The van der Waals surface area contributed by atoms with Crippen molar-refractivity contribution in [3.8, 4) is 0 Å². The van der Waals surface area contributed by atoms with Crippen molar-refractivity contribution in [1.82, 2.24) is 9.36 Å². The van der Waals surface area contributed by atoms with Crippen LogP contribution in [0.4, 0.5) is 5.13 Å². The number of carboxylic acids is 1. The molecule has 5 nitrogen and oxygen atoms in total. The number of anilines is 1. The Labute approximate surface area is 111 Å². The Morgan fingerprint density at radius 2 is 2.17 bits per heavy atom. The summed E-state index contributed by atoms with van der Waals surface area (Å²) < 4.78 is 4.34. The summed E-state index contributed by atoms with van der Waals surface area (Å²) in [5.74, 6) is 0.600. The van der Waals surface area contributed by atoms with Gasteiger partial charge in [-0.25, -0.2) is 4.98 Å². The summed E-state index contributed by atoms with van der Waals surface area (Å²) in [5, 5.41) is 9.69. The first-order valence-electron chi connectivity index (χ1n) is 6.17. The van der Waals surface area contributed by atoms with Crippen molar-refractivity contribution in [2.45, 2.75) is 39.0 Å². The Balaban J connectivity index is 2.13. The summed E-state index contributed by atoms with van der Waals surface area (Å²) in [6.07, 6.45) is 2.39. The van der Waals surface area contributed by atoms with Crippen LogP contribution in [0.15, 0.2) is 0 Å². The van der Waals surface area contributed by atoms with Gasteiger partial charge >= 0.3 is 5.97 Å². The number of aromatic nitrogens is 2. The highest BCUT2D eigenvalue weighted by atomic mass is 32.1. The molecule has 1 aliphatic carbocycles. The van der Waals surface area contributed by atoms with Crippen LogP contribution in [-0.4, -0.2) is 33.5 Å². The quantitative estimate of drug-likeness (QED) is 0.887. The molecule has 0 aromatic carbocycles. The zero-order valence-electron chi connectivity index (χ0n) is 11.0. The molecule has 1 aromatic rings. The minimum atomic E-state index is -0.817. The largest absolute Gasteiger partial charge is 0.480 e. The van der Waals surface area contributed by atoms with Gasteiger partial charge < -0.3 is 10.0 Å². The van der Waals surface area contributed by atoms with Crippen LogP contribution >= 0.6 is 11.5 Å². The lowest BCUT2D eigenvalue weighted by Gasteiger charge is -2.19. The summed E-state index contributed by atoms with van der Waals surface area (Å²) in [4.78, 5) is 17.2. The first kappa shape index (κ1) is 13.3. The molecule has 0 bridgehead atoms. The normalized spacial score (nSPS) is 15.7. The fourth-order valence-electron chi connectivity index (χ4n) is 1.63. The zero-order chi connectivity index (χ0) is 13.3. The average molecular weight is 269 g/mol. The van der Waals surface area contributed by atoms with E-state index in [4.69, 9.17) is 5.11 Å². The molecule has 0 saturated heterocycles. The number of nitrogens with zero attached hydrogens (tertiary/aromatic N) is 3. The van der Waals surface area contributed by atoms with Crippen LogP contribution in [0.25, 0.3) is 0 Å². The molecule has 0 aliphatic heterocycles. The topological polar surface area (TPSA) is 66.3 Å². The van der Waals surface area contributed by atoms with Crippen molar-refractivity contribution < 1.29 is 9.90 Å². The lowest BCUT2D eigenvalue weighted by Crippen LogP contribution is -2.31. The maximum Gasteiger partial charge on any atom is 0.323 e. The Bertz CT molecular complexity index is 435. The van der Waals surface area contributed by atoms with E-state index in [1.54, 1.807) is 0 Å². The fraction of sp³-hybridized carbons (Fsp3) is 0.750. The van der Waals surface area contributed by atoms with Gasteiger partial charge in [-0.1, -0.05) is 20.8 Å². The SMILES string of the molecule is CC(C)(C)c1nsc(N(CC(=O)O)CC2CC2)n1. The number of carboxylic acid groups (broad SMARTS) is 1. The first-order valence-corrected chi connectivity index (χ1v) is 6.94. The molecule has 1 aromatic heterocycles. The monoisotopic (exact) mass is 269 g/mol. The Hall–Kier alpha value is -1.17. The molecule has 1 aliphatic rings. The molecule has 1 fully saturated rings. The lowest BCUT2D eigenvalue weighted by molar-refractivity contribution is -0.135. The highest BCUT2D eigenvalue weighted by Crippen LogP contribution is 2.32. The standard InChI is InChI=1S/C12H19N3O2S/c1-12(2,3)10-13-11(18-14-10)15(7-9(16)17)6-8-4-5-8/h8H,4-7H2,1-3H3,(H,16,17). The van der Waals surface area contributed by atoms with Crippen molar-refractivity contribution in [3.63, 3.8) is 0 Å². The van der Waals surface area contributed by atoms with E-state index in [0.29, 0.717) is 5.92 Å². The highest BCUT2D eigenvalue weighted by molar-refractivity contribution is 7.09. The molecular formula is C12H19N3O2S. The summed E-state index contributed by atoms with van der Waals surface area (Å²) >= 11 is 1.30. The minimum absolute atomic E-state index is 0.00920. The molecule has 1 saturated carbocycles. The van der Waals surface area contributed by atoms with E-state index in [1.165, 1.54) is 24.4 Å². The molecule has 18 heavy (non-hydrogen) atoms. The van der Waals surface area contributed by atoms with Crippen LogP contribution in [0.3, 0.4) is 0 Å². The van der Waals surface area contributed by atoms with Crippen LogP contribution in [0.2, 0.25) is 0 Å². The van der Waals surface area contributed by atoms with Gasteiger partial charge in [-0.05, 0) is 18.8 Å². The van der Waals surface area contributed by atoms with Crippen molar-refractivity contribution in [3.05, 3.63) is 5.82 Å². The maximum atomic E-state index is 10.9. The van der Waals surface area contributed by atoms with E-state index in [-0.39, 0.29) is 12.0 Å². The van der Waals surface area contributed by atoms with E-state index in [2.05, 4.69) is 30.1 Å². The number of carbonyl (C=O) groups is 1. The third-order valence-corrected chi connectivity index (χ3v) is 3.64. The minimum Gasteiger partial charge on any atom is -0.480 e. The predicted octanol–water partition coefficient (Wildman–Crippen LogP) is 2.14. The van der Waals surface area contributed by atoms with Crippen LogP contribution in [0.5, 0.6) is 0 Å². The molecule has 1 N–H and O–H groups in total. The third-order valence-electron chi connectivity index (χ3n) is 2.86. The molecule has 0 atom stereocenters. The number of hydrogen-bond donors (Lipinski definition) is 1. The molecule has 0 spiro atoms. The smallest absolute Gasteiger partial charge is 0.323 e. The summed E-state index contributed by atoms with van der Waals surface area (Å²) in [6, 6.07) is 0. The van der Waals surface area contributed by atoms with Gasteiger partial charge in [0.1, 0.15) is 12.4 Å². The summed E-state index contributed by atoms with van der Waals surface area (Å²) in [6.45, 7) is 6.96. The molecule has 0 radical (unpaired) electrons. The van der Waals surface area contributed by atoms with Gasteiger partial charge in [0.2, 0.25) is 5.13 Å². The second-order valence-corrected chi connectivity index (χ2v) is 6.60. The van der Waals surface area contributed by atoms with Crippen LogP contribution in [0.1, 0.15) is 39.4 Å².